The van der Waals surface area contributed by atoms with E-state index in [2.05, 4.69) is 10.2 Å². The van der Waals surface area contributed by atoms with Crippen LogP contribution >= 0.6 is 0 Å². The van der Waals surface area contributed by atoms with Crippen molar-refractivity contribution in [3.05, 3.63) is 82.4 Å². The van der Waals surface area contributed by atoms with Gasteiger partial charge in [-0.3, -0.25) is 9.59 Å². The number of carboxylic acid groups (broad SMARTS) is 1. The molecule has 10 heteroatoms. The first-order valence-corrected chi connectivity index (χ1v) is 13.9. The number of likely N-dealkylation sites (N-methyl/N-ethyl adjacent to an activating group) is 1. The Labute approximate surface area is 242 Å². The molecule has 222 valence electrons. The number of hydrogen-bond donors (Lipinski definition) is 2. The van der Waals surface area contributed by atoms with Crippen molar-refractivity contribution < 1.29 is 37.3 Å². The third-order valence-electron chi connectivity index (χ3n) is 8.01. The van der Waals surface area contributed by atoms with Crippen LogP contribution in [0.5, 0.6) is 11.5 Å². The number of nitrogens with one attached hydrogen (secondary N) is 1. The molecule has 5 rings (SSSR count). The topological polar surface area (TPSA) is 88.1 Å². The fourth-order valence-electron chi connectivity index (χ4n) is 5.70. The molecule has 1 fully saturated rings. The van der Waals surface area contributed by atoms with Crippen molar-refractivity contribution in [1.82, 2.24) is 0 Å². The van der Waals surface area contributed by atoms with Crippen LogP contribution in [-0.2, 0) is 22.8 Å². The number of aryl methyl sites for hydroxylation is 2. The number of anilines is 2. The average molecular weight is 583 g/mol. The first-order chi connectivity index (χ1) is 19.9. The van der Waals surface area contributed by atoms with Crippen molar-refractivity contribution in [2.75, 3.05) is 30.4 Å². The lowest BCUT2D eigenvalue weighted by Gasteiger charge is -2.33. The van der Waals surface area contributed by atoms with Crippen LogP contribution in [0.15, 0.2) is 54.6 Å². The van der Waals surface area contributed by atoms with Gasteiger partial charge in [-0.2, -0.15) is 13.2 Å². The number of fused-ring (bicyclic) bond motifs is 1. The molecule has 0 aromatic heterocycles. The summed E-state index contributed by atoms with van der Waals surface area (Å²) in [7, 11) is 1.98. The Hall–Kier alpha value is -4.21. The van der Waals surface area contributed by atoms with Crippen LogP contribution in [0.3, 0.4) is 0 Å². The molecule has 2 aliphatic rings. The van der Waals surface area contributed by atoms with E-state index >= 15 is 0 Å². The van der Waals surface area contributed by atoms with Gasteiger partial charge in [0.25, 0.3) is 5.91 Å². The number of halogens is 3. The van der Waals surface area contributed by atoms with Gasteiger partial charge in [0, 0.05) is 18.0 Å². The predicted molar refractivity (Wildman–Crippen MR) is 153 cm³/mol. The molecule has 0 radical (unpaired) electrons. The quantitative estimate of drug-likeness (QED) is 0.295. The maximum atomic E-state index is 13.9. The lowest BCUT2D eigenvalue weighted by molar-refractivity contribution is -0.138. The Balaban J connectivity index is 1.36. The van der Waals surface area contributed by atoms with E-state index < -0.39 is 29.0 Å². The van der Waals surface area contributed by atoms with E-state index in [0.29, 0.717) is 48.2 Å². The SMILES string of the molecule is CCc1cc(OC[C@@H]2CN(C)c3ccccc3O2)cc(C)c1C(=O)Nc1cc(C2(CC(=O)O)CC2)ccc1C(F)(F)F. The van der Waals surface area contributed by atoms with E-state index in [1.807, 2.05) is 38.2 Å². The summed E-state index contributed by atoms with van der Waals surface area (Å²) in [6.45, 7) is 4.48. The number of carbonyl (C=O) groups is 2. The van der Waals surface area contributed by atoms with Gasteiger partial charge >= 0.3 is 12.1 Å². The van der Waals surface area contributed by atoms with Crippen molar-refractivity contribution in [1.29, 1.82) is 0 Å². The fraction of sp³-hybridized carbons (Fsp3) is 0.375. The number of benzene rings is 3. The van der Waals surface area contributed by atoms with E-state index in [-0.39, 0.29) is 30.4 Å². The molecule has 42 heavy (non-hydrogen) atoms. The summed E-state index contributed by atoms with van der Waals surface area (Å²) < 4.78 is 53.8. The van der Waals surface area contributed by atoms with Crippen molar-refractivity contribution >= 4 is 23.3 Å². The molecule has 0 spiro atoms. The second kappa shape index (κ2) is 11.2. The minimum Gasteiger partial charge on any atom is -0.490 e. The van der Waals surface area contributed by atoms with E-state index in [9.17, 15) is 27.9 Å². The zero-order valence-electron chi connectivity index (χ0n) is 23.7. The van der Waals surface area contributed by atoms with Gasteiger partial charge in [0.1, 0.15) is 24.2 Å². The summed E-state index contributed by atoms with van der Waals surface area (Å²) >= 11 is 0. The van der Waals surface area contributed by atoms with E-state index in [1.54, 1.807) is 19.1 Å². The van der Waals surface area contributed by atoms with Gasteiger partial charge in [-0.25, -0.2) is 0 Å². The standard InChI is InChI=1S/C32H33F3N2O5/c1-4-20-14-22(41-18-23-17-37(3)26-7-5-6-8-27(26)42-23)13-19(2)29(20)30(40)36-25-15-21(9-10-24(25)32(33,34)35)31(11-12-31)16-28(38)39/h5-10,13-15,23H,4,11-12,16-18H2,1-3H3,(H,36,40)(H,38,39)/t23-/m0/s1. The van der Waals surface area contributed by atoms with Gasteiger partial charge in [-0.05, 0) is 79.3 Å². The molecule has 1 saturated carbocycles. The highest BCUT2D eigenvalue weighted by atomic mass is 19.4. The minimum absolute atomic E-state index is 0.180. The van der Waals surface area contributed by atoms with E-state index in [1.165, 1.54) is 12.1 Å². The van der Waals surface area contributed by atoms with Gasteiger partial charge in [0.15, 0.2) is 0 Å². The largest absolute Gasteiger partial charge is 0.490 e. The van der Waals surface area contributed by atoms with Crippen LogP contribution in [0.1, 0.15) is 58.8 Å². The number of carbonyl (C=O) groups excluding carboxylic acids is 1. The van der Waals surface area contributed by atoms with Crippen LogP contribution in [0.4, 0.5) is 24.5 Å². The number of aliphatic carboxylic acids is 1. The van der Waals surface area contributed by atoms with Crippen LogP contribution in [0, 0.1) is 6.92 Å². The summed E-state index contributed by atoms with van der Waals surface area (Å²) in [5, 5.41) is 11.8. The number of alkyl halides is 3. The monoisotopic (exact) mass is 582 g/mol. The number of carboxylic acids is 1. The molecule has 0 bridgehead atoms. The van der Waals surface area contributed by atoms with Crippen molar-refractivity contribution in [3.63, 3.8) is 0 Å². The van der Waals surface area contributed by atoms with Crippen molar-refractivity contribution in [2.24, 2.45) is 0 Å². The zero-order valence-corrected chi connectivity index (χ0v) is 23.7. The Kier molecular flexibility index (Phi) is 7.83. The van der Waals surface area contributed by atoms with Gasteiger partial charge in [0.2, 0.25) is 0 Å². The molecule has 7 nitrogen and oxygen atoms in total. The molecule has 1 aliphatic carbocycles. The van der Waals surface area contributed by atoms with Crippen molar-refractivity contribution in [2.45, 2.75) is 57.2 Å². The summed E-state index contributed by atoms with van der Waals surface area (Å²) in [6.07, 6.45) is -3.53. The van der Waals surface area contributed by atoms with Gasteiger partial charge in [0.05, 0.1) is 29.9 Å². The number of rotatable bonds is 9. The lowest BCUT2D eigenvalue weighted by atomic mass is 9.90. The molecule has 1 heterocycles. The molecule has 3 aromatic rings. The van der Waals surface area contributed by atoms with Gasteiger partial charge in [-0.15, -0.1) is 0 Å². The summed E-state index contributed by atoms with van der Waals surface area (Å²) in [6, 6.07) is 14.7. The molecule has 3 aromatic carbocycles. The second-order valence-electron chi connectivity index (χ2n) is 11.1. The van der Waals surface area contributed by atoms with Crippen LogP contribution < -0.4 is 19.7 Å². The zero-order chi connectivity index (χ0) is 30.2. The number of ether oxygens (including phenoxy) is 2. The average Bonchev–Trinajstić information content (AvgIpc) is 3.70. The highest BCUT2D eigenvalue weighted by Crippen LogP contribution is 2.52. The number of amides is 1. The molecule has 1 amide bonds. The van der Waals surface area contributed by atoms with E-state index in [4.69, 9.17) is 9.47 Å². The predicted octanol–water partition coefficient (Wildman–Crippen LogP) is 6.61. The lowest BCUT2D eigenvalue weighted by Crippen LogP contribution is -2.41. The number of para-hydroxylation sites is 2. The molecule has 0 saturated heterocycles. The normalized spacial score (nSPS) is 17.2. The first kappa shape index (κ1) is 29.3. The summed E-state index contributed by atoms with van der Waals surface area (Å²) in [5.41, 5.74) is 0.856. The summed E-state index contributed by atoms with van der Waals surface area (Å²) in [5.74, 6) is -0.380. The van der Waals surface area contributed by atoms with Crippen LogP contribution in [-0.4, -0.2) is 43.3 Å². The third-order valence-corrected chi connectivity index (χ3v) is 8.01. The second-order valence-corrected chi connectivity index (χ2v) is 11.1. The fourth-order valence-corrected chi connectivity index (χ4v) is 5.70. The van der Waals surface area contributed by atoms with E-state index in [0.717, 1.165) is 17.5 Å². The van der Waals surface area contributed by atoms with Gasteiger partial charge < -0.3 is 24.8 Å². The third kappa shape index (κ3) is 6.03. The van der Waals surface area contributed by atoms with Crippen molar-refractivity contribution in [3.8, 4) is 11.5 Å². The highest BCUT2D eigenvalue weighted by molar-refractivity contribution is 6.07. The minimum atomic E-state index is -4.71. The Bertz CT molecular complexity index is 1520. The molecule has 1 aliphatic heterocycles. The summed E-state index contributed by atoms with van der Waals surface area (Å²) in [4.78, 5) is 26.9. The molecular formula is C32H33F3N2O5. The number of hydrogen-bond acceptors (Lipinski definition) is 5. The Morgan fingerprint density at radius 1 is 1.14 bits per heavy atom. The molecule has 2 N–H and O–H groups in total. The Morgan fingerprint density at radius 2 is 1.88 bits per heavy atom. The Morgan fingerprint density at radius 3 is 2.55 bits per heavy atom. The first-order valence-electron chi connectivity index (χ1n) is 13.9. The number of nitrogens with zero attached hydrogens (tertiary/aromatic N) is 1. The van der Waals surface area contributed by atoms with Crippen LogP contribution in [0.25, 0.3) is 0 Å². The molecular weight excluding hydrogens is 549 g/mol. The van der Waals surface area contributed by atoms with Crippen LogP contribution in [0.2, 0.25) is 0 Å². The smallest absolute Gasteiger partial charge is 0.418 e. The maximum absolute atomic E-state index is 13.9. The van der Waals surface area contributed by atoms with Gasteiger partial charge in [-0.1, -0.05) is 25.1 Å². The molecule has 0 unspecified atom stereocenters. The highest BCUT2D eigenvalue weighted by Gasteiger charge is 2.47. The molecule has 1 atom stereocenters. The maximum Gasteiger partial charge on any atom is 0.418 e.